The zero-order chi connectivity index (χ0) is 38.7. The van der Waals surface area contributed by atoms with Crippen molar-refractivity contribution in [3.8, 4) is 28.5 Å². The number of hydrogen-bond donors (Lipinski definition) is 0. The van der Waals surface area contributed by atoms with E-state index in [1.165, 1.54) is 0 Å². The molecule has 0 amide bonds. The van der Waals surface area contributed by atoms with Gasteiger partial charge in [0.15, 0.2) is 0 Å². The first-order valence-corrected chi connectivity index (χ1v) is 16.9. The predicted molar refractivity (Wildman–Crippen MR) is 213 cm³/mol. The summed E-state index contributed by atoms with van der Waals surface area (Å²) in [5, 5.41) is 5.70. The van der Waals surface area contributed by atoms with Gasteiger partial charge in [0.05, 0.1) is 47.0 Å². The fourth-order valence-electron chi connectivity index (χ4n) is 7.87. The maximum Gasteiger partial charge on any atom is 0.140 e. The number of fused-ring (bicyclic) bond motifs is 9. The van der Waals surface area contributed by atoms with Gasteiger partial charge in [0, 0.05) is 37.9 Å². The molecule has 0 atom stereocenters. The van der Waals surface area contributed by atoms with Crippen molar-refractivity contribution in [2.75, 3.05) is 0 Å². The van der Waals surface area contributed by atoms with Gasteiger partial charge in [-0.1, -0.05) is 127 Å². The van der Waals surface area contributed by atoms with Gasteiger partial charge >= 0.3 is 0 Å². The molecule has 0 aliphatic carbocycles. The summed E-state index contributed by atoms with van der Waals surface area (Å²) in [5.74, 6) is 0.465. The summed E-state index contributed by atoms with van der Waals surface area (Å²) in [6.07, 6.45) is 0. The molecule has 0 aliphatic heterocycles. The van der Waals surface area contributed by atoms with Gasteiger partial charge in [-0.25, -0.2) is 4.98 Å². The van der Waals surface area contributed by atoms with Crippen LogP contribution in [0.25, 0.3) is 93.9 Å². The van der Waals surface area contributed by atoms with Crippen LogP contribution in [0, 0.1) is 0 Å². The molecule has 4 aromatic heterocycles. The molecular formula is C47H30N4. The number of hydrogen-bond acceptors (Lipinski definition) is 1. The van der Waals surface area contributed by atoms with Crippen molar-refractivity contribution in [2.24, 2.45) is 0 Å². The molecule has 0 saturated carbocycles. The number of aromatic nitrogens is 4. The molecule has 0 aliphatic rings. The first-order valence-electron chi connectivity index (χ1n) is 19.9. The van der Waals surface area contributed by atoms with E-state index in [9.17, 15) is 5.48 Å². The van der Waals surface area contributed by atoms with E-state index in [2.05, 4.69) is 0 Å². The van der Waals surface area contributed by atoms with Gasteiger partial charge in [0.2, 0.25) is 0 Å². The SMILES string of the molecule is [2H]c1c([2H])c([2H])c(-n2c3ccccc3c3ccccc32)c(-c2c([2H])c(-n3c4ccccc4c4ccccc43)nc(-n3c4ccccc4c4ccccc43)c2[2H])c1[2H]. The average molecular weight is 657 g/mol. The van der Waals surface area contributed by atoms with Gasteiger partial charge in [-0.3, -0.25) is 9.13 Å². The van der Waals surface area contributed by atoms with Crippen LogP contribution in [0.2, 0.25) is 0 Å². The van der Waals surface area contributed by atoms with Gasteiger partial charge in [0.25, 0.3) is 0 Å². The van der Waals surface area contributed by atoms with E-state index in [-0.39, 0.29) is 52.6 Å². The van der Waals surface area contributed by atoms with E-state index in [0.717, 1.165) is 65.4 Å². The van der Waals surface area contributed by atoms with Crippen molar-refractivity contribution in [3.05, 3.63) is 182 Å². The Labute approximate surface area is 302 Å². The highest BCUT2D eigenvalue weighted by Crippen LogP contribution is 2.39. The monoisotopic (exact) mass is 656 g/mol. The second-order valence-corrected chi connectivity index (χ2v) is 12.7. The zero-order valence-corrected chi connectivity index (χ0v) is 27.1. The van der Waals surface area contributed by atoms with Crippen LogP contribution in [0.3, 0.4) is 0 Å². The minimum Gasteiger partial charge on any atom is -0.309 e. The fourth-order valence-corrected chi connectivity index (χ4v) is 7.87. The molecule has 4 heterocycles. The lowest BCUT2D eigenvalue weighted by Gasteiger charge is -2.17. The fraction of sp³-hybridized carbons (Fsp3) is 0. The maximum absolute atomic E-state index is 10.2. The summed E-state index contributed by atoms with van der Waals surface area (Å²) in [5.41, 5.74) is 4.99. The van der Waals surface area contributed by atoms with Crippen molar-refractivity contribution in [2.45, 2.75) is 0 Å². The quantitative estimate of drug-likeness (QED) is 0.185. The number of nitrogens with zero attached hydrogens (tertiary/aromatic N) is 4. The van der Waals surface area contributed by atoms with Gasteiger partial charge < -0.3 is 4.57 Å². The minimum absolute atomic E-state index is 0.0441. The van der Waals surface area contributed by atoms with Crippen LogP contribution in [0.1, 0.15) is 8.22 Å². The lowest BCUT2D eigenvalue weighted by atomic mass is 10.0. The van der Waals surface area contributed by atoms with E-state index >= 15 is 0 Å². The number of para-hydroxylation sites is 7. The molecule has 4 nitrogen and oxygen atoms in total. The third-order valence-corrected chi connectivity index (χ3v) is 9.99. The minimum atomic E-state index is -0.452. The Morgan fingerprint density at radius 3 is 1.06 bits per heavy atom. The molecule has 11 aromatic rings. The number of pyridine rings is 1. The highest BCUT2D eigenvalue weighted by atomic mass is 15.1. The molecule has 51 heavy (non-hydrogen) atoms. The van der Waals surface area contributed by atoms with Crippen LogP contribution in [0.4, 0.5) is 0 Å². The van der Waals surface area contributed by atoms with Crippen molar-refractivity contribution in [1.29, 1.82) is 0 Å². The standard InChI is InChI=1S/C47H30N4/c1-8-22-39(49-40-23-9-2-16-33(40)34-17-3-10-24-41(34)49)32(15-1)31-29-46(50-42-25-11-4-18-35(42)36-19-5-12-26-43(36)50)48-47(30-31)51-44-27-13-6-20-37(44)38-21-7-14-28-45(38)51/h1-30H/i1D,8D,15D,22D,29D,30D. The van der Waals surface area contributed by atoms with Crippen molar-refractivity contribution in [3.63, 3.8) is 0 Å². The Bertz CT molecular complexity index is 3210. The molecule has 238 valence electrons. The molecule has 0 fully saturated rings. The summed E-state index contributed by atoms with van der Waals surface area (Å²) < 4.78 is 63.2. The Balaban J connectivity index is 1.37. The molecule has 7 aromatic carbocycles. The van der Waals surface area contributed by atoms with Gasteiger partial charge in [0.1, 0.15) is 11.6 Å². The number of rotatable bonds is 4. The molecular weight excluding hydrogens is 621 g/mol. The first kappa shape index (κ1) is 22.7. The van der Waals surface area contributed by atoms with Crippen molar-refractivity contribution >= 4 is 65.4 Å². The summed E-state index contributed by atoms with van der Waals surface area (Å²) in [6, 6.07) is 45.7. The van der Waals surface area contributed by atoms with Gasteiger partial charge in [-0.15, -0.1) is 0 Å². The van der Waals surface area contributed by atoms with Crippen LogP contribution in [0.15, 0.2) is 182 Å². The van der Waals surface area contributed by atoms with E-state index < -0.39 is 12.1 Å². The first-order chi connectivity index (χ1) is 27.8. The smallest absolute Gasteiger partial charge is 0.140 e. The van der Waals surface area contributed by atoms with Crippen LogP contribution >= 0.6 is 0 Å². The highest BCUT2D eigenvalue weighted by Gasteiger charge is 2.20. The van der Waals surface area contributed by atoms with Gasteiger partial charge in [-0.05, 0) is 60.1 Å². The zero-order valence-electron chi connectivity index (χ0n) is 33.1. The Morgan fingerprint density at radius 1 is 0.373 bits per heavy atom. The largest absolute Gasteiger partial charge is 0.309 e. The molecule has 0 bridgehead atoms. The van der Waals surface area contributed by atoms with Crippen molar-refractivity contribution in [1.82, 2.24) is 18.7 Å². The molecule has 0 unspecified atom stereocenters. The summed E-state index contributed by atoms with van der Waals surface area (Å²) in [4.78, 5) is 5.28. The Morgan fingerprint density at radius 2 is 0.686 bits per heavy atom. The van der Waals surface area contributed by atoms with Gasteiger partial charge in [-0.2, -0.15) is 0 Å². The molecule has 11 rings (SSSR count). The lowest BCUT2D eigenvalue weighted by molar-refractivity contribution is 1.01. The second kappa shape index (κ2) is 10.8. The Kier molecular flexibility index (Phi) is 4.80. The topological polar surface area (TPSA) is 27.7 Å². The summed E-state index contributed by atoms with van der Waals surface area (Å²) in [7, 11) is 0. The predicted octanol–water partition coefficient (Wildman–Crippen LogP) is 12.0. The van der Waals surface area contributed by atoms with Crippen LogP contribution in [0.5, 0.6) is 0 Å². The van der Waals surface area contributed by atoms with Crippen LogP contribution < -0.4 is 0 Å². The van der Waals surface area contributed by atoms with Crippen LogP contribution in [-0.4, -0.2) is 18.7 Å². The molecule has 0 saturated heterocycles. The van der Waals surface area contributed by atoms with Crippen LogP contribution in [-0.2, 0) is 0 Å². The lowest BCUT2D eigenvalue weighted by Crippen LogP contribution is -2.05. The normalized spacial score (nSPS) is 13.6. The van der Waals surface area contributed by atoms with E-state index in [0.29, 0.717) is 0 Å². The third-order valence-electron chi connectivity index (χ3n) is 9.99. The van der Waals surface area contributed by atoms with E-state index in [1.807, 2.05) is 159 Å². The third kappa shape index (κ3) is 4.05. The molecule has 0 radical (unpaired) electrons. The Hall–Kier alpha value is -6.91. The van der Waals surface area contributed by atoms with E-state index in [4.69, 9.17) is 7.73 Å². The second-order valence-electron chi connectivity index (χ2n) is 12.7. The summed E-state index contributed by atoms with van der Waals surface area (Å²) >= 11 is 0. The molecule has 0 spiro atoms. The summed E-state index contributed by atoms with van der Waals surface area (Å²) in [6.45, 7) is 0. The van der Waals surface area contributed by atoms with Crippen molar-refractivity contribution < 1.29 is 8.22 Å². The molecule has 0 N–H and O–H groups in total. The maximum atomic E-state index is 10.2. The number of benzene rings is 7. The molecule has 4 heteroatoms. The average Bonchev–Trinajstić information content (AvgIpc) is 3.88. The van der Waals surface area contributed by atoms with E-state index in [1.54, 1.807) is 0 Å². The highest BCUT2D eigenvalue weighted by molar-refractivity contribution is 6.11.